The summed E-state index contributed by atoms with van der Waals surface area (Å²) in [6.07, 6.45) is 7.12. The van der Waals surface area contributed by atoms with Gasteiger partial charge in [-0.05, 0) is 75.0 Å². The van der Waals surface area contributed by atoms with Gasteiger partial charge >= 0.3 is 5.97 Å². The molecule has 2 saturated heterocycles. The molecule has 0 radical (unpaired) electrons. The molecule has 2 aliphatic carbocycles. The molecular weight excluding hydrogens is 410 g/mol. The third-order valence-electron chi connectivity index (χ3n) is 8.70. The summed E-state index contributed by atoms with van der Waals surface area (Å²) in [5.41, 5.74) is 3.51. The first kappa shape index (κ1) is 21.5. The summed E-state index contributed by atoms with van der Waals surface area (Å²) in [5.74, 6) is 0.258. The Kier molecular flexibility index (Phi) is 5.47. The van der Waals surface area contributed by atoms with E-state index in [9.17, 15) is 9.90 Å². The summed E-state index contributed by atoms with van der Waals surface area (Å²) >= 11 is 6.01. The quantitative estimate of drug-likeness (QED) is 0.522. The van der Waals surface area contributed by atoms with Crippen LogP contribution in [0.4, 0.5) is 0 Å². The summed E-state index contributed by atoms with van der Waals surface area (Å²) in [6.45, 7) is 7.01. The van der Waals surface area contributed by atoms with Crippen molar-refractivity contribution in [3.63, 3.8) is 0 Å². The highest BCUT2D eigenvalue weighted by Crippen LogP contribution is 2.55. The number of hydrogen-bond acceptors (Lipinski definition) is 4. The normalized spacial score (nSPS) is 35.5. The number of hydrogen-bond donors (Lipinski definition) is 1. The van der Waals surface area contributed by atoms with E-state index in [-0.39, 0.29) is 23.4 Å². The van der Waals surface area contributed by atoms with E-state index in [2.05, 4.69) is 18.7 Å². The Morgan fingerprint density at radius 1 is 1.19 bits per heavy atom. The maximum Gasteiger partial charge on any atom is 0.310 e. The topological polar surface area (TPSA) is 49.8 Å². The number of ether oxygens (including phenoxy) is 1. The Morgan fingerprint density at radius 3 is 2.61 bits per heavy atom. The first-order valence-corrected chi connectivity index (χ1v) is 12.3. The van der Waals surface area contributed by atoms with Crippen molar-refractivity contribution >= 4 is 17.6 Å². The van der Waals surface area contributed by atoms with E-state index in [0.717, 1.165) is 38.0 Å². The molecule has 1 aromatic carbocycles. The second-order valence-electron chi connectivity index (χ2n) is 10.7. The van der Waals surface area contributed by atoms with E-state index in [1.807, 2.05) is 24.3 Å². The lowest BCUT2D eigenvalue weighted by Crippen LogP contribution is -2.46. The maximum absolute atomic E-state index is 12.9. The minimum atomic E-state index is -0.809. The largest absolute Gasteiger partial charge is 0.462 e. The van der Waals surface area contributed by atoms with Crippen molar-refractivity contribution in [1.29, 1.82) is 0 Å². The molecule has 0 bridgehead atoms. The van der Waals surface area contributed by atoms with Gasteiger partial charge in [0.1, 0.15) is 6.10 Å². The van der Waals surface area contributed by atoms with Crippen LogP contribution in [0.25, 0.3) is 0 Å². The lowest BCUT2D eigenvalue weighted by atomic mass is 9.59. The molecule has 0 amide bonds. The van der Waals surface area contributed by atoms with Gasteiger partial charge in [0, 0.05) is 30.6 Å². The van der Waals surface area contributed by atoms with Gasteiger partial charge in [0.2, 0.25) is 0 Å². The SMILES string of the molecule is CC1=C2C[C@@H]3C(CN4CCC(O)(c5ccc(Cl)cc5)CC4)C(=O)O[C@@H]3C[C@@]2(C)CCC1. The summed E-state index contributed by atoms with van der Waals surface area (Å²) in [7, 11) is 0. The second-order valence-corrected chi connectivity index (χ2v) is 11.1. The number of halogens is 1. The number of likely N-dealkylation sites (tertiary alicyclic amines) is 1. The van der Waals surface area contributed by atoms with Gasteiger partial charge in [-0.15, -0.1) is 0 Å². The van der Waals surface area contributed by atoms with Gasteiger partial charge in [0.05, 0.1) is 11.5 Å². The van der Waals surface area contributed by atoms with Crippen LogP contribution in [0.2, 0.25) is 5.02 Å². The van der Waals surface area contributed by atoms with Crippen molar-refractivity contribution in [2.24, 2.45) is 17.3 Å². The van der Waals surface area contributed by atoms with Crippen LogP contribution in [0.3, 0.4) is 0 Å². The third-order valence-corrected chi connectivity index (χ3v) is 8.95. The van der Waals surface area contributed by atoms with Gasteiger partial charge in [0.25, 0.3) is 0 Å². The molecule has 1 N–H and O–H groups in total. The highest BCUT2D eigenvalue weighted by molar-refractivity contribution is 6.30. The van der Waals surface area contributed by atoms with Crippen molar-refractivity contribution < 1.29 is 14.6 Å². The average molecular weight is 444 g/mol. The fourth-order valence-corrected chi connectivity index (χ4v) is 6.88. The molecule has 1 aromatic rings. The van der Waals surface area contributed by atoms with E-state index in [1.165, 1.54) is 19.3 Å². The van der Waals surface area contributed by atoms with Crippen molar-refractivity contribution in [2.45, 2.75) is 70.5 Å². The van der Waals surface area contributed by atoms with Crippen molar-refractivity contribution in [2.75, 3.05) is 19.6 Å². The maximum atomic E-state index is 12.9. The van der Waals surface area contributed by atoms with Crippen LogP contribution < -0.4 is 0 Å². The first-order valence-electron chi connectivity index (χ1n) is 11.9. The molecule has 4 nitrogen and oxygen atoms in total. The fourth-order valence-electron chi connectivity index (χ4n) is 6.75. The van der Waals surface area contributed by atoms with E-state index < -0.39 is 5.60 Å². The summed E-state index contributed by atoms with van der Waals surface area (Å²) in [4.78, 5) is 15.2. The highest BCUT2D eigenvalue weighted by Gasteiger charge is 2.53. The number of piperidine rings is 1. The van der Waals surface area contributed by atoms with E-state index in [1.54, 1.807) is 11.1 Å². The lowest BCUT2D eigenvalue weighted by molar-refractivity contribution is -0.145. The summed E-state index contributed by atoms with van der Waals surface area (Å²) in [5, 5.41) is 11.9. The van der Waals surface area contributed by atoms with E-state index >= 15 is 0 Å². The second kappa shape index (κ2) is 7.90. The van der Waals surface area contributed by atoms with Crippen LogP contribution in [0.1, 0.15) is 64.4 Å². The number of allylic oxidation sites excluding steroid dienone is 2. The Hall–Kier alpha value is -1.36. The van der Waals surface area contributed by atoms with Crippen molar-refractivity contribution in [3.05, 3.63) is 46.0 Å². The zero-order valence-electron chi connectivity index (χ0n) is 18.7. The third kappa shape index (κ3) is 3.85. The molecule has 168 valence electrons. The Balaban J connectivity index is 1.26. The number of nitrogens with zero attached hydrogens (tertiary/aromatic N) is 1. The van der Waals surface area contributed by atoms with Gasteiger partial charge in [-0.3, -0.25) is 4.79 Å². The number of carbonyl (C=O) groups excluding carboxylic acids is 1. The number of esters is 1. The van der Waals surface area contributed by atoms with Crippen LogP contribution in [0, 0.1) is 17.3 Å². The summed E-state index contributed by atoms with van der Waals surface area (Å²) < 4.78 is 5.94. The predicted molar refractivity (Wildman–Crippen MR) is 122 cm³/mol. The van der Waals surface area contributed by atoms with Gasteiger partial charge < -0.3 is 14.7 Å². The number of fused-ring (bicyclic) bond motifs is 2. The Bertz CT molecular complexity index is 886. The zero-order chi connectivity index (χ0) is 21.8. The van der Waals surface area contributed by atoms with Crippen LogP contribution in [-0.4, -0.2) is 41.7 Å². The Labute approximate surface area is 190 Å². The molecule has 4 aliphatic rings. The van der Waals surface area contributed by atoms with Gasteiger partial charge in [0.15, 0.2) is 0 Å². The standard InChI is InChI=1S/C26H34ClNO3/c1-17-4-3-9-25(2)15-23-20(14-22(17)25)21(24(29)31-23)16-28-12-10-26(30,11-13-28)18-5-7-19(27)8-6-18/h5-8,20-21,23,30H,3-4,9-16H2,1-2H3/t20-,21?,23-,25-/m1/s1. The van der Waals surface area contributed by atoms with E-state index in [4.69, 9.17) is 16.3 Å². The number of aliphatic hydroxyl groups is 1. The smallest absolute Gasteiger partial charge is 0.310 e. The minimum absolute atomic E-state index is 0.00552. The average Bonchev–Trinajstić information content (AvgIpc) is 3.02. The molecule has 0 aromatic heterocycles. The molecule has 5 heteroatoms. The lowest BCUT2D eigenvalue weighted by Gasteiger charge is -2.46. The number of carbonyl (C=O) groups is 1. The van der Waals surface area contributed by atoms with Gasteiger partial charge in [-0.2, -0.15) is 0 Å². The first-order chi connectivity index (χ1) is 14.8. The molecule has 2 heterocycles. The van der Waals surface area contributed by atoms with Crippen molar-refractivity contribution in [1.82, 2.24) is 4.90 Å². The molecule has 3 fully saturated rings. The van der Waals surface area contributed by atoms with Crippen LogP contribution >= 0.6 is 11.6 Å². The fraction of sp³-hybridized carbons (Fsp3) is 0.654. The van der Waals surface area contributed by atoms with E-state index in [0.29, 0.717) is 23.8 Å². The molecule has 1 unspecified atom stereocenters. The number of rotatable bonds is 3. The highest BCUT2D eigenvalue weighted by atomic mass is 35.5. The molecule has 0 spiro atoms. The predicted octanol–water partition coefficient (Wildman–Crippen LogP) is 5.08. The summed E-state index contributed by atoms with van der Waals surface area (Å²) in [6, 6.07) is 7.54. The van der Waals surface area contributed by atoms with Crippen molar-refractivity contribution in [3.8, 4) is 0 Å². The molecule has 31 heavy (non-hydrogen) atoms. The molecular formula is C26H34ClNO3. The zero-order valence-corrected chi connectivity index (χ0v) is 19.5. The Morgan fingerprint density at radius 2 is 1.90 bits per heavy atom. The minimum Gasteiger partial charge on any atom is -0.462 e. The molecule has 1 saturated carbocycles. The van der Waals surface area contributed by atoms with Gasteiger partial charge in [-0.1, -0.05) is 41.8 Å². The molecule has 2 aliphatic heterocycles. The van der Waals surface area contributed by atoms with Crippen LogP contribution in [0.15, 0.2) is 35.4 Å². The van der Waals surface area contributed by atoms with Crippen LogP contribution in [0.5, 0.6) is 0 Å². The van der Waals surface area contributed by atoms with Gasteiger partial charge in [-0.25, -0.2) is 0 Å². The molecule has 5 rings (SSSR count). The molecule has 4 atom stereocenters. The number of benzene rings is 1. The van der Waals surface area contributed by atoms with Crippen LogP contribution in [-0.2, 0) is 15.1 Å². The monoisotopic (exact) mass is 443 g/mol.